The molecule has 0 saturated carbocycles. The summed E-state index contributed by atoms with van der Waals surface area (Å²) in [7, 11) is 0. The Hall–Kier alpha value is -2.38. The number of aryl methyl sites for hydroxylation is 1. The maximum absolute atomic E-state index is 12.3. The van der Waals surface area contributed by atoms with E-state index in [2.05, 4.69) is 10.3 Å². The lowest BCUT2D eigenvalue weighted by molar-refractivity contribution is 0.0685. The molecule has 2 heterocycles. The van der Waals surface area contributed by atoms with Crippen molar-refractivity contribution in [3.63, 3.8) is 0 Å². The third-order valence-electron chi connectivity index (χ3n) is 2.77. The summed E-state index contributed by atoms with van der Waals surface area (Å²) in [4.78, 5) is 23.0. The van der Waals surface area contributed by atoms with Crippen molar-refractivity contribution < 1.29 is 14.4 Å². The molecule has 8 heteroatoms. The zero-order valence-electron chi connectivity index (χ0n) is 11.7. The highest BCUT2D eigenvalue weighted by Gasteiger charge is 2.22. The van der Waals surface area contributed by atoms with Gasteiger partial charge in [-0.15, -0.1) is 0 Å². The fourth-order valence-electron chi connectivity index (χ4n) is 1.76. The third-order valence-corrected chi connectivity index (χ3v) is 2.77. The van der Waals surface area contributed by atoms with E-state index in [1.54, 1.807) is 6.92 Å². The third kappa shape index (κ3) is 2.49. The number of carboxylic acid groups (broad SMARTS) is 1. The summed E-state index contributed by atoms with van der Waals surface area (Å²) < 4.78 is 7.71. The van der Waals surface area contributed by atoms with Crippen molar-refractivity contribution >= 4 is 5.97 Å². The van der Waals surface area contributed by atoms with E-state index in [-0.39, 0.29) is 17.9 Å². The summed E-state index contributed by atoms with van der Waals surface area (Å²) in [6, 6.07) is 1.29. The van der Waals surface area contributed by atoms with Gasteiger partial charge in [-0.3, -0.25) is 4.57 Å². The van der Waals surface area contributed by atoms with E-state index >= 15 is 0 Å². The summed E-state index contributed by atoms with van der Waals surface area (Å²) in [6.45, 7) is 7.44. The molecule has 0 aliphatic carbocycles. The predicted octanol–water partition coefficient (Wildman–Crippen LogP) is 0.843. The van der Waals surface area contributed by atoms with Crippen molar-refractivity contribution in [2.24, 2.45) is 0 Å². The standard InChI is InChI=1S/C12H16N4O4/c1-7-13-16(12(2,3)4)11(19)15(7)6-8-5-9(10(17)18)14-20-8/h5H,6H2,1-4H3,(H,17,18). The Morgan fingerprint density at radius 1 is 1.45 bits per heavy atom. The van der Waals surface area contributed by atoms with Gasteiger partial charge in [-0.25, -0.2) is 14.3 Å². The molecule has 1 N–H and O–H groups in total. The van der Waals surface area contributed by atoms with Crippen LogP contribution in [0.5, 0.6) is 0 Å². The van der Waals surface area contributed by atoms with Crippen LogP contribution in [0.4, 0.5) is 0 Å². The van der Waals surface area contributed by atoms with Crippen LogP contribution >= 0.6 is 0 Å². The Morgan fingerprint density at radius 3 is 2.55 bits per heavy atom. The highest BCUT2D eigenvalue weighted by Crippen LogP contribution is 2.11. The van der Waals surface area contributed by atoms with E-state index in [0.29, 0.717) is 11.6 Å². The quantitative estimate of drug-likeness (QED) is 0.893. The average molecular weight is 280 g/mol. The van der Waals surface area contributed by atoms with Gasteiger partial charge in [0.25, 0.3) is 0 Å². The fourth-order valence-corrected chi connectivity index (χ4v) is 1.76. The Labute approximate surface area is 114 Å². The second-order valence-corrected chi connectivity index (χ2v) is 5.48. The summed E-state index contributed by atoms with van der Waals surface area (Å²) >= 11 is 0. The van der Waals surface area contributed by atoms with Crippen LogP contribution in [-0.4, -0.2) is 30.6 Å². The van der Waals surface area contributed by atoms with Crippen LogP contribution < -0.4 is 5.69 Å². The van der Waals surface area contributed by atoms with Gasteiger partial charge in [-0.2, -0.15) is 5.10 Å². The first-order chi connectivity index (χ1) is 9.20. The minimum absolute atomic E-state index is 0.0982. The largest absolute Gasteiger partial charge is 0.476 e. The molecule has 0 atom stereocenters. The van der Waals surface area contributed by atoms with Crippen molar-refractivity contribution in [3.8, 4) is 0 Å². The van der Waals surface area contributed by atoms with Gasteiger partial charge in [0.1, 0.15) is 5.82 Å². The molecule has 2 aromatic heterocycles. The minimum atomic E-state index is -1.17. The molecule has 0 spiro atoms. The van der Waals surface area contributed by atoms with Gasteiger partial charge in [0.15, 0.2) is 11.5 Å². The molecule has 0 aliphatic rings. The number of rotatable bonds is 3. The number of carbonyl (C=O) groups is 1. The predicted molar refractivity (Wildman–Crippen MR) is 68.8 cm³/mol. The summed E-state index contributed by atoms with van der Waals surface area (Å²) in [5.74, 6) is -0.353. The molecule has 0 fully saturated rings. The topological polar surface area (TPSA) is 103 Å². The first-order valence-corrected chi connectivity index (χ1v) is 6.06. The highest BCUT2D eigenvalue weighted by molar-refractivity contribution is 5.85. The van der Waals surface area contributed by atoms with Gasteiger partial charge < -0.3 is 9.63 Å². The lowest BCUT2D eigenvalue weighted by Crippen LogP contribution is -2.35. The van der Waals surface area contributed by atoms with Gasteiger partial charge >= 0.3 is 11.7 Å². The van der Waals surface area contributed by atoms with Crippen molar-refractivity contribution in [3.05, 3.63) is 33.8 Å². The minimum Gasteiger partial charge on any atom is -0.476 e. The second kappa shape index (κ2) is 4.62. The molecule has 0 amide bonds. The van der Waals surface area contributed by atoms with E-state index in [1.165, 1.54) is 15.3 Å². The van der Waals surface area contributed by atoms with E-state index in [9.17, 15) is 9.59 Å². The molecule has 0 unspecified atom stereocenters. The fraction of sp³-hybridized carbons (Fsp3) is 0.500. The van der Waals surface area contributed by atoms with Crippen LogP contribution in [0.1, 0.15) is 42.8 Å². The number of hydrogen-bond donors (Lipinski definition) is 1. The zero-order valence-corrected chi connectivity index (χ0v) is 11.7. The first-order valence-electron chi connectivity index (χ1n) is 6.06. The maximum atomic E-state index is 12.3. The molecule has 8 nitrogen and oxygen atoms in total. The smallest absolute Gasteiger partial charge is 0.358 e. The van der Waals surface area contributed by atoms with E-state index in [4.69, 9.17) is 9.63 Å². The number of aromatic nitrogens is 4. The molecule has 20 heavy (non-hydrogen) atoms. The van der Waals surface area contributed by atoms with Crippen LogP contribution in [-0.2, 0) is 12.1 Å². The van der Waals surface area contributed by atoms with Gasteiger partial charge in [0, 0.05) is 6.07 Å². The summed E-state index contributed by atoms with van der Waals surface area (Å²) in [5.41, 5.74) is -0.891. The molecule has 0 radical (unpaired) electrons. The molecular weight excluding hydrogens is 264 g/mol. The molecule has 108 valence electrons. The molecule has 0 aromatic carbocycles. The van der Waals surface area contributed by atoms with Crippen molar-refractivity contribution in [2.45, 2.75) is 39.8 Å². The molecule has 2 aromatic rings. The average Bonchev–Trinajstić information content (AvgIpc) is 2.88. The summed E-state index contributed by atoms with van der Waals surface area (Å²) in [5, 5.41) is 16.4. The number of aromatic carboxylic acids is 1. The molecule has 2 rings (SSSR count). The summed E-state index contributed by atoms with van der Waals surface area (Å²) in [6.07, 6.45) is 0. The van der Waals surface area contributed by atoms with E-state index in [0.717, 1.165) is 0 Å². The van der Waals surface area contributed by atoms with E-state index < -0.39 is 11.5 Å². The van der Waals surface area contributed by atoms with Gasteiger partial charge in [0.2, 0.25) is 0 Å². The van der Waals surface area contributed by atoms with Gasteiger partial charge in [-0.1, -0.05) is 5.16 Å². The van der Waals surface area contributed by atoms with Crippen LogP contribution in [0.25, 0.3) is 0 Å². The normalized spacial score (nSPS) is 11.8. The van der Waals surface area contributed by atoms with Crippen molar-refractivity contribution in [2.75, 3.05) is 0 Å². The number of hydrogen-bond acceptors (Lipinski definition) is 5. The zero-order chi connectivity index (χ0) is 15.1. The van der Waals surface area contributed by atoms with Gasteiger partial charge in [-0.05, 0) is 27.7 Å². The Kier molecular flexibility index (Phi) is 3.24. The Balaban J connectivity index is 2.37. The van der Waals surface area contributed by atoms with Crippen molar-refractivity contribution in [1.82, 2.24) is 19.5 Å². The Morgan fingerprint density at radius 2 is 2.10 bits per heavy atom. The lowest BCUT2D eigenvalue weighted by Gasteiger charge is -2.16. The van der Waals surface area contributed by atoms with Crippen LogP contribution in [0.2, 0.25) is 0 Å². The molecular formula is C12H16N4O4. The number of carboxylic acids is 1. The maximum Gasteiger partial charge on any atom is 0.358 e. The van der Waals surface area contributed by atoms with Gasteiger partial charge in [0.05, 0.1) is 12.1 Å². The highest BCUT2D eigenvalue weighted by atomic mass is 16.5. The van der Waals surface area contributed by atoms with Crippen molar-refractivity contribution in [1.29, 1.82) is 0 Å². The van der Waals surface area contributed by atoms with Crippen LogP contribution in [0.3, 0.4) is 0 Å². The van der Waals surface area contributed by atoms with Crippen LogP contribution in [0, 0.1) is 6.92 Å². The van der Waals surface area contributed by atoms with Crippen LogP contribution in [0.15, 0.2) is 15.4 Å². The molecule has 0 saturated heterocycles. The number of nitrogens with zero attached hydrogens (tertiary/aromatic N) is 4. The molecule has 0 aliphatic heterocycles. The second-order valence-electron chi connectivity index (χ2n) is 5.48. The first kappa shape index (κ1) is 14.0. The Bertz CT molecular complexity index is 702. The monoisotopic (exact) mass is 280 g/mol. The molecule has 0 bridgehead atoms. The SMILES string of the molecule is Cc1nn(C(C)(C)C)c(=O)n1Cc1cc(C(=O)O)no1. The lowest BCUT2D eigenvalue weighted by atomic mass is 10.1. The van der Waals surface area contributed by atoms with E-state index in [1.807, 2.05) is 20.8 Å².